The van der Waals surface area contributed by atoms with Crippen molar-refractivity contribution in [3.8, 4) is 5.75 Å². The Bertz CT molecular complexity index is 2740. The number of carboxylic acid groups (broad SMARTS) is 1. The van der Waals surface area contributed by atoms with E-state index < -0.39 is 87.0 Å². The zero-order valence-corrected chi connectivity index (χ0v) is 31.8. The highest BCUT2D eigenvalue weighted by Crippen LogP contribution is 2.50. The Morgan fingerprint density at radius 3 is 1.79 bits per heavy atom. The summed E-state index contributed by atoms with van der Waals surface area (Å²) in [7, 11) is -11.6. The van der Waals surface area contributed by atoms with E-state index in [1.54, 1.807) is 0 Å². The van der Waals surface area contributed by atoms with E-state index in [0.29, 0.717) is 11.8 Å². The molecule has 0 saturated heterocycles. The first-order valence-electron chi connectivity index (χ1n) is 15.4. The van der Waals surface area contributed by atoms with Gasteiger partial charge in [-0.3, -0.25) is 9.96 Å². The van der Waals surface area contributed by atoms with Gasteiger partial charge in [0.2, 0.25) is 0 Å². The van der Waals surface area contributed by atoms with Gasteiger partial charge < -0.3 is 31.2 Å². The number of benzene rings is 4. The van der Waals surface area contributed by atoms with E-state index in [1.165, 1.54) is 25.3 Å². The number of nitrogens with zero attached hydrogens (tertiary/aromatic N) is 6. The van der Waals surface area contributed by atoms with Gasteiger partial charge in [-0.2, -0.15) is 13.5 Å². The minimum absolute atomic E-state index is 0.0615. The Hall–Kier alpha value is -6.73. The quantitative estimate of drug-likeness (QED) is 0.0217. The number of aliphatic hydroxyl groups is 1. The van der Waals surface area contributed by atoms with Gasteiger partial charge in [-0.15, -0.1) is 25.6 Å². The summed E-state index contributed by atoms with van der Waals surface area (Å²) in [5, 5.41) is 52.6. The van der Waals surface area contributed by atoms with Crippen LogP contribution in [0.3, 0.4) is 0 Å². The van der Waals surface area contributed by atoms with Gasteiger partial charge in [0.25, 0.3) is 10.1 Å². The van der Waals surface area contributed by atoms with Crippen LogP contribution in [0.2, 0.25) is 0 Å². The molecule has 21 nitrogen and oxygen atoms in total. The summed E-state index contributed by atoms with van der Waals surface area (Å²) in [5.74, 6) is -1.85. The van der Waals surface area contributed by atoms with E-state index in [2.05, 4.69) is 43.8 Å². The van der Waals surface area contributed by atoms with Crippen LogP contribution in [0.4, 0.5) is 45.5 Å². The molecule has 0 spiro atoms. The fraction of sp³-hybridized carbons (Fsp3) is 0.0909. The lowest BCUT2D eigenvalue weighted by Crippen LogP contribution is -2.04. The van der Waals surface area contributed by atoms with Crippen LogP contribution in [0.15, 0.2) is 124 Å². The van der Waals surface area contributed by atoms with Crippen LogP contribution in [0.1, 0.15) is 21.5 Å². The summed E-state index contributed by atoms with van der Waals surface area (Å²) < 4.78 is 93.9. The molecule has 0 amide bonds. The average Bonchev–Trinajstić information content (AvgIpc) is 3.18. The summed E-state index contributed by atoms with van der Waals surface area (Å²) in [5.41, 5.74) is 8.28. The first kappa shape index (κ1) is 43.0. The third-order valence-electron chi connectivity index (χ3n) is 7.59. The fourth-order valence-corrected chi connectivity index (χ4v) is 6.88. The number of anilines is 2. The lowest BCUT2D eigenvalue weighted by atomic mass is 10.1. The zero-order chi connectivity index (χ0) is 42.3. The number of nitrogens with two attached hydrogens (primary N) is 2. The first-order chi connectivity index (χ1) is 26.8. The van der Waals surface area contributed by atoms with Crippen molar-refractivity contribution in [1.29, 1.82) is 5.41 Å². The smallest absolute Gasteiger partial charge is 0.340 e. The highest BCUT2D eigenvalue weighted by atomic mass is 32.2. The number of carboxylic acids is 1. The molecule has 57 heavy (non-hydrogen) atoms. The summed E-state index contributed by atoms with van der Waals surface area (Å²) >= 11 is 0. The number of aliphatic hydroxyl groups excluding tert-OH is 1. The van der Waals surface area contributed by atoms with E-state index in [0.717, 1.165) is 41.8 Å². The first-order valence-corrected chi connectivity index (χ1v) is 20.0. The molecule has 4 aromatic rings. The monoisotopic (exact) mass is 841 g/mol. The predicted octanol–water partition coefficient (Wildman–Crippen LogP) is 6.50. The van der Waals surface area contributed by atoms with Crippen molar-refractivity contribution >= 4 is 87.7 Å². The Labute approximate surface area is 324 Å². The number of sulfone groups is 2. The molecule has 298 valence electrons. The van der Waals surface area contributed by atoms with E-state index in [1.807, 2.05) is 0 Å². The Balaban J connectivity index is 2.03. The predicted molar refractivity (Wildman–Crippen MR) is 205 cm³/mol. The van der Waals surface area contributed by atoms with Gasteiger partial charge in [0.1, 0.15) is 51.3 Å². The number of nitrogens with one attached hydrogen (secondary N) is 1. The number of aromatic carboxylic acids is 1. The largest absolute Gasteiger partial charge is 0.494 e. The van der Waals surface area contributed by atoms with Crippen LogP contribution in [0.25, 0.3) is 0 Å². The highest BCUT2D eigenvalue weighted by Gasteiger charge is 2.28. The third kappa shape index (κ3) is 9.57. The molecule has 8 N–H and O–H groups in total. The summed E-state index contributed by atoms with van der Waals surface area (Å²) in [6, 6.07) is 10.3. The van der Waals surface area contributed by atoms with Gasteiger partial charge in [0.05, 0.1) is 40.6 Å². The Kier molecular flexibility index (Phi) is 13.1. The van der Waals surface area contributed by atoms with Crippen LogP contribution in [0.5, 0.6) is 5.75 Å². The van der Waals surface area contributed by atoms with Crippen LogP contribution in [-0.4, -0.2) is 59.5 Å². The SMILES string of the molecule is C=CS(=O)(=O)c1ccc(N=Nc2c(N)c(N=Nc3ccc(S(=O)(=O)C=C)cc3OC)c(N)c(N=Nc3ccc(COC=N)cc3S(=O)(=O)O)c2C(=O)O)c(CO)c1. The molecule has 0 aliphatic heterocycles. The second-order valence-corrected chi connectivity index (χ2v) is 16.2. The molecule has 0 bridgehead atoms. The molecule has 24 heteroatoms. The van der Waals surface area contributed by atoms with Crippen molar-refractivity contribution in [3.63, 3.8) is 0 Å². The number of methoxy groups -OCH3 is 1. The van der Waals surface area contributed by atoms with Gasteiger partial charge in [0.15, 0.2) is 26.1 Å². The second-order valence-electron chi connectivity index (χ2n) is 11.1. The summed E-state index contributed by atoms with van der Waals surface area (Å²) in [6.45, 7) is 5.53. The molecule has 0 saturated carbocycles. The number of azo groups is 3. The summed E-state index contributed by atoms with van der Waals surface area (Å²) in [4.78, 5) is 11.6. The zero-order valence-electron chi connectivity index (χ0n) is 29.3. The Morgan fingerprint density at radius 1 is 0.772 bits per heavy atom. The van der Waals surface area contributed by atoms with E-state index in [9.17, 15) is 44.8 Å². The van der Waals surface area contributed by atoms with Gasteiger partial charge >= 0.3 is 5.97 Å². The van der Waals surface area contributed by atoms with Crippen molar-refractivity contribution in [2.75, 3.05) is 18.6 Å². The fourth-order valence-electron chi connectivity index (χ4n) is 4.73. The minimum Gasteiger partial charge on any atom is -0.494 e. The normalized spacial score (nSPS) is 12.3. The molecule has 0 aromatic heterocycles. The van der Waals surface area contributed by atoms with Crippen LogP contribution >= 0.6 is 0 Å². The molecular weight excluding hydrogens is 811 g/mol. The minimum atomic E-state index is -4.98. The Morgan fingerprint density at radius 2 is 1.28 bits per heavy atom. The topological polar surface area (TPSA) is 349 Å². The number of nitrogen functional groups attached to an aromatic ring is 2. The van der Waals surface area contributed by atoms with Crippen molar-refractivity contribution in [2.45, 2.75) is 27.9 Å². The van der Waals surface area contributed by atoms with E-state index in [4.69, 9.17) is 26.4 Å². The number of ether oxygens (including phenoxy) is 2. The maximum Gasteiger partial charge on any atom is 0.340 e. The van der Waals surface area contributed by atoms with Crippen molar-refractivity contribution in [2.24, 2.45) is 30.7 Å². The van der Waals surface area contributed by atoms with Crippen LogP contribution < -0.4 is 16.2 Å². The second kappa shape index (κ2) is 17.4. The standard InChI is InChI=1S/C33H31N9O12S3/c1-4-55(46,47)20-7-10-22(19(13-20)15-43)37-40-30-27(33(44)45)31(41-39-24-9-6-18(16-54-17-34)12-26(24)57(50,51)52)29(36)32(28(30)35)42-38-23-11-8-21(14-25(23)53-3)56(48,49)5-2/h4-14,17,34,43H,1-2,15-16,35-36H2,3H3,(H,44,45)(H,50,51,52). The lowest BCUT2D eigenvalue weighted by Gasteiger charge is -2.14. The summed E-state index contributed by atoms with van der Waals surface area (Å²) in [6.07, 6.45) is 0.604. The molecule has 0 aliphatic rings. The van der Waals surface area contributed by atoms with Gasteiger partial charge in [-0.1, -0.05) is 19.2 Å². The average molecular weight is 842 g/mol. The third-order valence-corrected chi connectivity index (χ3v) is 11.2. The van der Waals surface area contributed by atoms with Gasteiger partial charge in [0, 0.05) is 22.4 Å². The molecule has 4 aromatic carbocycles. The van der Waals surface area contributed by atoms with Crippen molar-refractivity contribution in [3.05, 3.63) is 95.3 Å². The number of carbonyl (C=O) groups is 1. The van der Waals surface area contributed by atoms with Gasteiger partial charge in [-0.05, 0) is 48.0 Å². The molecule has 4 rings (SSSR count). The number of hydrogen-bond donors (Lipinski definition) is 6. The maximum atomic E-state index is 12.8. The number of hydrogen-bond acceptors (Lipinski definition) is 19. The van der Waals surface area contributed by atoms with Crippen LogP contribution in [-0.2, 0) is 47.7 Å². The molecule has 0 radical (unpaired) electrons. The lowest BCUT2D eigenvalue weighted by molar-refractivity contribution is 0.0698. The molecule has 0 unspecified atom stereocenters. The van der Waals surface area contributed by atoms with E-state index >= 15 is 0 Å². The van der Waals surface area contributed by atoms with E-state index in [-0.39, 0.29) is 44.6 Å². The molecular formula is C33H31N9O12S3. The van der Waals surface area contributed by atoms with Crippen molar-refractivity contribution < 1.29 is 54.3 Å². The molecule has 0 aliphatic carbocycles. The molecule has 0 atom stereocenters. The van der Waals surface area contributed by atoms with Crippen molar-refractivity contribution in [1.82, 2.24) is 0 Å². The molecule has 0 heterocycles. The number of rotatable bonds is 17. The van der Waals surface area contributed by atoms with Crippen LogP contribution in [0, 0.1) is 5.41 Å². The molecule has 0 fully saturated rings. The maximum absolute atomic E-state index is 12.8. The highest BCUT2D eigenvalue weighted by molar-refractivity contribution is 7.94. The van der Waals surface area contributed by atoms with Gasteiger partial charge in [-0.25, -0.2) is 21.6 Å².